The second-order valence-electron chi connectivity index (χ2n) is 6.06. The molecule has 5 nitrogen and oxygen atoms in total. The van der Waals surface area contributed by atoms with Crippen molar-refractivity contribution in [2.24, 2.45) is 11.8 Å². The Kier molecular flexibility index (Phi) is 5.31. The molecule has 0 saturated carbocycles. The van der Waals surface area contributed by atoms with Gasteiger partial charge >= 0.3 is 6.18 Å². The first kappa shape index (κ1) is 17.1. The second kappa shape index (κ2) is 6.85. The van der Waals surface area contributed by atoms with E-state index in [9.17, 15) is 22.8 Å². The number of rotatable bonds is 3. The minimum atomic E-state index is -4.45. The molecule has 2 atom stereocenters. The Morgan fingerprint density at radius 1 is 1.27 bits per heavy atom. The summed E-state index contributed by atoms with van der Waals surface area (Å²) in [4.78, 5) is 25.8. The Balaban J connectivity index is 1.88. The van der Waals surface area contributed by atoms with Crippen LogP contribution in [0.2, 0.25) is 0 Å². The van der Waals surface area contributed by atoms with E-state index < -0.39 is 24.0 Å². The van der Waals surface area contributed by atoms with Crippen molar-refractivity contribution in [1.29, 1.82) is 0 Å². The van der Waals surface area contributed by atoms with Crippen LogP contribution >= 0.6 is 0 Å². The molecule has 2 amide bonds. The van der Waals surface area contributed by atoms with Crippen molar-refractivity contribution >= 4 is 11.8 Å². The molecule has 0 aliphatic carbocycles. The number of likely N-dealkylation sites (tertiary alicyclic amines) is 1. The van der Waals surface area contributed by atoms with Crippen LogP contribution in [0.15, 0.2) is 0 Å². The summed E-state index contributed by atoms with van der Waals surface area (Å²) in [7, 11) is 1.88. The van der Waals surface area contributed by atoms with E-state index >= 15 is 0 Å². The van der Waals surface area contributed by atoms with Crippen LogP contribution in [-0.4, -0.2) is 55.6 Å². The van der Waals surface area contributed by atoms with E-state index in [0.29, 0.717) is 19.0 Å². The highest BCUT2D eigenvalue weighted by molar-refractivity contribution is 6.00. The third-order valence-corrected chi connectivity index (χ3v) is 4.49. The topological polar surface area (TPSA) is 61.4 Å². The second-order valence-corrected chi connectivity index (χ2v) is 6.06. The van der Waals surface area contributed by atoms with Crippen LogP contribution in [0.4, 0.5) is 13.2 Å². The highest BCUT2D eigenvalue weighted by atomic mass is 19.4. The molecule has 0 radical (unpaired) electrons. The lowest BCUT2D eigenvalue weighted by Gasteiger charge is -2.36. The molecule has 2 aliphatic heterocycles. The maximum absolute atomic E-state index is 12.6. The normalized spacial score (nSPS) is 27.6. The largest absolute Gasteiger partial charge is 0.408 e. The highest BCUT2D eigenvalue weighted by Gasteiger charge is 2.46. The van der Waals surface area contributed by atoms with Crippen molar-refractivity contribution in [2.75, 3.05) is 26.7 Å². The number of piperidine rings is 2. The molecular formula is C14H22F3N3O2. The SMILES string of the molecule is CNCC1CCN(C(=O)C2CCC(C(F)(F)F)NC2=O)CC1. The van der Waals surface area contributed by atoms with E-state index in [2.05, 4.69) is 5.32 Å². The lowest BCUT2D eigenvalue weighted by Crippen LogP contribution is -2.55. The van der Waals surface area contributed by atoms with E-state index in [1.165, 1.54) is 0 Å². The number of hydrogen-bond acceptors (Lipinski definition) is 3. The van der Waals surface area contributed by atoms with Gasteiger partial charge in [0.2, 0.25) is 11.8 Å². The Labute approximate surface area is 127 Å². The highest BCUT2D eigenvalue weighted by Crippen LogP contribution is 2.29. The maximum Gasteiger partial charge on any atom is 0.408 e. The summed E-state index contributed by atoms with van der Waals surface area (Å²) in [6.45, 7) is 2.02. The van der Waals surface area contributed by atoms with Gasteiger partial charge in [0, 0.05) is 13.1 Å². The zero-order valence-electron chi connectivity index (χ0n) is 12.6. The zero-order valence-corrected chi connectivity index (χ0v) is 12.6. The Morgan fingerprint density at radius 3 is 2.41 bits per heavy atom. The van der Waals surface area contributed by atoms with Crippen molar-refractivity contribution < 1.29 is 22.8 Å². The Hall–Kier alpha value is -1.31. The molecular weight excluding hydrogens is 299 g/mol. The van der Waals surface area contributed by atoms with E-state index in [4.69, 9.17) is 0 Å². The Bertz CT molecular complexity index is 420. The van der Waals surface area contributed by atoms with Gasteiger partial charge in [-0.2, -0.15) is 13.2 Å². The lowest BCUT2D eigenvalue weighted by atomic mass is 9.90. The van der Waals surface area contributed by atoms with Crippen LogP contribution in [0.1, 0.15) is 25.7 Å². The summed E-state index contributed by atoms with van der Waals surface area (Å²) in [6.07, 6.45) is -3.01. The van der Waals surface area contributed by atoms with E-state index in [1.807, 2.05) is 12.4 Å². The van der Waals surface area contributed by atoms with Crippen molar-refractivity contribution in [3.63, 3.8) is 0 Å². The van der Waals surface area contributed by atoms with Gasteiger partial charge in [-0.05, 0) is 45.2 Å². The Morgan fingerprint density at radius 2 is 1.91 bits per heavy atom. The standard InChI is InChI=1S/C14H22F3N3O2/c1-18-8-9-4-6-20(7-5-9)13(22)10-2-3-11(14(15,16)17)19-12(10)21/h9-11,18H,2-8H2,1H3,(H,19,21). The van der Waals surface area contributed by atoms with E-state index in [1.54, 1.807) is 4.90 Å². The van der Waals surface area contributed by atoms with E-state index in [0.717, 1.165) is 19.4 Å². The molecule has 0 aromatic rings. The fourth-order valence-electron chi connectivity index (χ4n) is 3.16. The number of carbonyl (C=O) groups excluding carboxylic acids is 2. The fraction of sp³-hybridized carbons (Fsp3) is 0.857. The number of nitrogens with zero attached hydrogens (tertiary/aromatic N) is 1. The van der Waals surface area contributed by atoms with Gasteiger partial charge in [0.25, 0.3) is 0 Å². The average Bonchev–Trinajstić information content (AvgIpc) is 2.46. The fourth-order valence-corrected chi connectivity index (χ4v) is 3.16. The molecule has 2 unspecified atom stereocenters. The van der Waals surface area contributed by atoms with Gasteiger partial charge in [-0.25, -0.2) is 0 Å². The molecule has 2 N–H and O–H groups in total. The summed E-state index contributed by atoms with van der Waals surface area (Å²) in [5.74, 6) is -1.60. The molecule has 0 aromatic heterocycles. The van der Waals surface area contributed by atoms with Crippen LogP contribution in [-0.2, 0) is 9.59 Å². The van der Waals surface area contributed by atoms with Gasteiger partial charge in [-0.3, -0.25) is 9.59 Å². The molecule has 22 heavy (non-hydrogen) atoms. The minimum absolute atomic E-state index is 0.0364. The van der Waals surface area contributed by atoms with Crippen molar-refractivity contribution in [1.82, 2.24) is 15.5 Å². The lowest BCUT2D eigenvalue weighted by molar-refractivity contribution is -0.172. The third kappa shape index (κ3) is 3.91. The summed E-state index contributed by atoms with van der Waals surface area (Å²) < 4.78 is 37.8. The number of nitrogens with one attached hydrogen (secondary N) is 2. The monoisotopic (exact) mass is 321 g/mol. The van der Waals surface area contributed by atoms with Crippen molar-refractivity contribution in [2.45, 2.75) is 37.9 Å². The van der Waals surface area contributed by atoms with Crippen LogP contribution in [0, 0.1) is 11.8 Å². The first-order valence-corrected chi connectivity index (χ1v) is 7.63. The summed E-state index contributed by atoms with van der Waals surface area (Å²) in [5, 5.41) is 5.03. The van der Waals surface area contributed by atoms with Gasteiger partial charge in [0.05, 0.1) is 0 Å². The van der Waals surface area contributed by atoms with Crippen LogP contribution in [0.5, 0.6) is 0 Å². The van der Waals surface area contributed by atoms with Crippen LogP contribution in [0.3, 0.4) is 0 Å². The number of halogens is 3. The van der Waals surface area contributed by atoms with Crippen LogP contribution in [0.25, 0.3) is 0 Å². The molecule has 0 aromatic carbocycles. The number of amides is 2. The molecule has 126 valence electrons. The number of alkyl halides is 3. The summed E-state index contributed by atoms with van der Waals surface area (Å²) in [6, 6.07) is -1.83. The van der Waals surface area contributed by atoms with Gasteiger partial charge in [-0.1, -0.05) is 0 Å². The van der Waals surface area contributed by atoms with Gasteiger partial charge in [0.15, 0.2) is 0 Å². The predicted octanol–water partition coefficient (Wildman–Crippen LogP) is 0.901. The third-order valence-electron chi connectivity index (χ3n) is 4.49. The zero-order chi connectivity index (χ0) is 16.3. The molecule has 2 heterocycles. The average molecular weight is 321 g/mol. The molecule has 8 heteroatoms. The summed E-state index contributed by atoms with van der Waals surface area (Å²) in [5.41, 5.74) is 0. The minimum Gasteiger partial charge on any atom is -0.344 e. The smallest absolute Gasteiger partial charge is 0.344 e. The molecule has 2 fully saturated rings. The molecule has 0 spiro atoms. The number of carbonyl (C=O) groups is 2. The maximum atomic E-state index is 12.6. The van der Waals surface area contributed by atoms with E-state index in [-0.39, 0.29) is 18.7 Å². The first-order valence-electron chi connectivity index (χ1n) is 7.63. The predicted molar refractivity (Wildman–Crippen MR) is 73.9 cm³/mol. The van der Waals surface area contributed by atoms with Crippen molar-refractivity contribution in [3.8, 4) is 0 Å². The molecule has 0 bridgehead atoms. The van der Waals surface area contributed by atoms with Gasteiger partial charge in [-0.15, -0.1) is 0 Å². The molecule has 2 aliphatic rings. The van der Waals surface area contributed by atoms with Gasteiger partial charge in [0.1, 0.15) is 12.0 Å². The number of hydrogen-bond donors (Lipinski definition) is 2. The summed E-state index contributed by atoms with van der Waals surface area (Å²) >= 11 is 0. The van der Waals surface area contributed by atoms with Crippen LogP contribution < -0.4 is 10.6 Å². The van der Waals surface area contributed by atoms with Crippen molar-refractivity contribution in [3.05, 3.63) is 0 Å². The first-order chi connectivity index (χ1) is 10.3. The van der Waals surface area contributed by atoms with Gasteiger partial charge < -0.3 is 15.5 Å². The molecule has 2 saturated heterocycles. The quantitative estimate of drug-likeness (QED) is 0.759. The molecule has 2 rings (SSSR count).